The van der Waals surface area contributed by atoms with Crippen LogP contribution in [0, 0.1) is 6.92 Å². The maximum absolute atomic E-state index is 5.78. The molecule has 172 valence electrons. The zero-order valence-corrected chi connectivity index (χ0v) is 19.8. The SMILES string of the molecule is CCOc1ncccc1-c1cc(NCc2ccncc2OC)c2c(n1)c(C)nn2[C@@H](C)CC. The summed E-state index contributed by atoms with van der Waals surface area (Å²) >= 11 is 0. The van der Waals surface area contributed by atoms with Gasteiger partial charge in [0.25, 0.3) is 0 Å². The number of aryl methyl sites for hydroxylation is 1. The molecule has 1 N–H and O–H groups in total. The Morgan fingerprint density at radius 2 is 2.03 bits per heavy atom. The van der Waals surface area contributed by atoms with Gasteiger partial charge >= 0.3 is 0 Å². The molecule has 0 aliphatic carbocycles. The molecule has 0 aliphatic rings. The highest BCUT2D eigenvalue weighted by Crippen LogP contribution is 2.35. The number of aromatic nitrogens is 5. The van der Waals surface area contributed by atoms with E-state index in [4.69, 9.17) is 19.6 Å². The van der Waals surface area contributed by atoms with Gasteiger partial charge in [-0.25, -0.2) is 9.97 Å². The average Bonchev–Trinajstić information content (AvgIpc) is 3.19. The van der Waals surface area contributed by atoms with Gasteiger partial charge in [0.15, 0.2) is 0 Å². The molecule has 0 saturated heterocycles. The van der Waals surface area contributed by atoms with E-state index in [0.717, 1.165) is 51.4 Å². The number of anilines is 1. The molecule has 1 atom stereocenters. The largest absolute Gasteiger partial charge is 0.495 e. The molecule has 4 rings (SSSR count). The number of nitrogens with zero attached hydrogens (tertiary/aromatic N) is 5. The molecule has 0 aliphatic heterocycles. The molecular weight excluding hydrogens is 416 g/mol. The van der Waals surface area contributed by atoms with Crippen LogP contribution < -0.4 is 14.8 Å². The van der Waals surface area contributed by atoms with Crippen molar-refractivity contribution in [3.05, 3.63) is 54.1 Å². The van der Waals surface area contributed by atoms with Crippen molar-refractivity contribution in [1.29, 1.82) is 0 Å². The van der Waals surface area contributed by atoms with Gasteiger partial charge in [0.1, 0.15) is 16.8 Å². The summed E-state index contributed by atoms with van der Waals surface area (Å²) in [5.74, 6) is 1.31. The van der Waals surface area contributed by atoms with E-state index in [1.165, 1.54) is 0 Å². The highest BCUT2D eigenvalue weighted by atomic mass is 16.5. The van der Waals surface area contributed by atoms with Crippen LogP contribution in [0.4, 0.5) is 5.69 Å². The first kappa shape index (κ1) is 22.5. The van der Waals surface area contributed by atoms with Crippen LogP contribution in [0.2, 0.25) is 0 Å². The van der Waals surface area contributed by atoms with E-state index in [-0.39, 0.29) is 6.04 Å². The minimum atomic E-state index is 0.238. The first-order valence-corrected chi connectivity index (χ1v) is 11.3. The highest BCUT2D eigenvalue weighted by Gasteiger charge is 2.20. The van der Waals surface area contributed by atoms with Gasteiger partial charge in [-0.2, -0.15) is 5.10 Å². The normalized spacial score (nSPS) is 12.0. The van der Waals surface area contributed by atoms with Crippen molar-refractivity contribution in [2.45, 2.75) is 46.7 Å². The van der Waals surface area contributed by atoms with Gasteiger partial charge in [0.2, 0.25) is 5.88 Å². The molecule has 0 fully saturated rings. The fraction of sp³-hybridized carbons (Fsp3) is 0.360. The Labute approximate surface area is 194 Å². The fourth-order valence-electron chi connectivity index (χ4n) is 3.81. The van der Waals surface area contributed by atoms with Crippen molar-refractivity contribution >= 4 is 16.7 Å². The minimum Gasteiger partial charge on any atom is -0.495 e. The smallest absolute Gasteiger partial charge is 0.222 e. The molecule has 4 aromatic heterocycles. The molecule has 0 spiro atoms. The number of rotatable bonds is 9. The van der Waals surface area contributed by atoms with Gasteiger partial charge < -0.3 is 14.8 Å². The Balaban J connectivity index is 1.87. The quantitative estimate of drug-likeness (QED) is 0.379. The van der Waals surface area contributed by atoms with Crippen LogP contribution in [0.25, 0.3) is 22.3 Å². The van der Waals surface area contributed by atoms with Crippen molar-refractivity contribution in [2.24, 2.45) is 0 Å². The maximum atomic E-state index is 5.78. The van der Waals surface area contributed by atoms with E-state index < -0.39 is 0 Å². The molecule has 8 nitrogen and oxygen atoms in total. The van der Waals surface area contributed by atoms with Crippen molar-refractivity contribution in [3.63, 3.8) is 0 Å². The first-order chi connectivity index (χ1) is 16.1. The summed E-state index contributed by atoms with van der Waals surface area (Å²) in [5, 5.41) is 8.44. The zero-order valence-electron chi connectivity index (χ0n) is 19.8. The highest BCUT2D eigenvalue weighted by molar-refractivity contribution is 5.93. The van der Waals surface area contributed by atoms with Crippen LogP contribution in [-0.2, 0) is 6.54 Å². The second-order valence-electron chi connectivity index (χ2n) is 7.87. The summed E-state index contributed by atoms with van der Waals surface area (Å²) in [5.41, 5.74) is 6.33. The van der Waals surface area contributed by atoms with Crippen LogP contribution >= 0.6 is 0 Å². The Hall–Kier alpha value is -3.68. The first-order valence-electron chi connectivity index (χ1n) is 11.3. The predicted octanol–water partition coefficient (Wildman–Crippen LogP) is 5.19. The molecule has 0 unspecified atom stereocenters. The van der Waals surface area contributed by atoms with E-state index >= 15 is 0 Å². The summed E-state index contributed by atoms with van der Waals surface area (Å²) in [4.78, 5) is 13.6. The Bertz CT molecular complexity index is 1250. The third kappa shape index (κ3) is 4.46. The van der Waals surface area contributed by atoms with E-state index in [1.807, 2.05) is 32.0 Å². The Kier molecular flexibility index (Phi) is 6.72. The van der Waals surface area contributed by atoms with Crippen LogP contribution in [0.5, 0.6) is 11.6 Å². The summed E-state index contributed by atoms with van der Waals surface area (Å²) < 4.78 is 13.3. The van der Waals surface area contributed by atoms with E-state index in [2.05, 4.69) is 39.9 Å². The van der Waals surface area contributed by atoms with Gasteiger partial charge in [0.05, 0.1) is 42.6 Å². The van der Waals surface area contributed by atoms with Crippen molar-refractivity contribution < 1.29 is 9.47 Å². The molecule has 4 heterocycles. The molecule has 4 aromatic rings. The molecule has 8 heteroatoms. The van der Waals surface area contributed by atoms with Crippen molar-refractivity contribution in [3.8, 4) is 22.9 Å². The fourth-order valence-corrected chi connectivity index (χ4v) is 3.81. The Morgan fingerprint density at radius 1 is 1.18 bits per heavy atom. The average molecular weight is 447 g/mol. The number of nitrogens with one attached hydrogen (secondary N) is 1. The molecule has 0 bridgehead atoms. The van der Waals surface area contributed by atoms with E-state index in [1.54, 1.807) is 25.7 Å². The monoisotopic (exact) mass is 446 g/mol. The van der Waals surface area contributed by atoms with Crippen LogP contribution in [0.3, 0.4) is 0 Å². The maximum Gasteiger partial charge on any atom is 0.222 e. The van der Waals surface area contributed by atoms with Gasteiger partial charge in [-0.1, -0.05) is 6.92 Å². The summed E-state index contributed by atoms with van der Waals surface area (Å²) in [6.45, 7) is 9.38. The lowest BCUT2D eigenvalue weighted by Gasteiger charge is -2.17. The molecule has 0 amide bonds. The van der Waals surface area contributed by atoms with Gasteiger partial charge in [-0.05, 0) is 51.5 Å². The third-order valence-corrected chi connectivity index (χ3v) is 5.72. The second kappa shape index (κ2) is 9.85. The molecule has 33 heavy (non-hydrogen) atoms. The Morgan fingerprint density at radius 3 is 2.79 bits per heavy atom. The standard InChI is InChI=1S/C25H30N6O2/c1-6-16(3)31-24-21(28-14-18-10-12-26-15-22(18)32-5)13-20(29-23(24)17(4)30-31)19-9-8-11-27-25(19)33-7-2/h8-13,15-16H,6-7,14H2,1-5H3,(H,28,29)/t16-/m0/s1. The lowest BCUT2D eigenvalue weighted by atomic mass is 10.1. The lowest BCUT2D eigenvalue weighted by molar-refractivity contribution is 0.328. The molecule has 0 saturated carbocycles. The van der Waals surface area contributed by atoms with Gasteiger partial charge in [-0.3, -0.25) is 9.67 Å². The molecule has 0 radical (unpaired) electrons. The number of fused-ring (bicyclic) bond motifs is 1. The van der Waals surface area contributed by atoms with Crippen LogP contribution in [0.1, 0.15) is 44.5 Å². The summed E-state index contributed by atoms with van der Waals surface area (Å²) in [6.07, 6.45) is 6.19. The van der Waals surface area contributed by atoms with Crippen molar-refractivity contribution in [2.75, 3.05) is 19.0 Å². The summed E-state index contributed by atoms with van der Waals surface area (Å²) in [7, 11) is 1.66. The topological polar surface area (TPSA) is 87.0 Å². The molecule has 0 aromatic carbocycles. The second-order valence-corrected chi connectivity index (χ2v) is 7.87. The molecular formula is C25H30N6O2. The number of methoxy groups -OCH3 is 1. The van der Waals surface area contributed by atoms with Gasteiger partial charge in [-0.15, -0.1) is 0 Å². The minimum absolute atomic E-state index is 0.238. The predicted molar refractivity (Wildman–Crippen MR) is 130 cm³/mol. The lowest BCUT2D eigenvalue weighted by Crippen LogP contribution is -2.09. The van der Waals surface area contributed by atoms with E-state index in [0.29, 0.717) is 19.0 Å². The zero-order chi connectivity index (χ0) is 23.4. The van der Waals surface area contributed by atoms with Gasteiger partial charge in [0, 0.05) is 30.5 Å². The number of hydrogen-bond acceptors (Lipinski definition) is 7. The van der Waals surface area contributed by atoms with Crippen LogP contribution in [-0.4, -0.2) is 38.4 Å². The number of pyridine rings is 3. The van der Waals surface area contributed by atoms with Crippen molar-refractivity contribution in [1.82, 2.24) is 24.7 Å². The number of hydrogen-bond donors (Lipinski definition) is 1. The third-order valence-electron chi connectivity index (χ3n) is 5.72. The van der Waals surface area contributed by atoms with E-state index in [9.17, 15) is 0 Å². The summed E-state index contributed by atoms with van der Waals surface area (Å²) in [6, 6.07) is 8.12. The number of ether oxygens (including phenoxy) is 2. The van der Waals surface area contributed by atoms with Crippen LogP contribution in [0.15, 0.2) is 42.9 Å².